The standard InChI is InChI=1S/C17H20BrNO3/c1-3-7-17(9-13(20)21)16-11(6-8-22-17)14-12(18)5-4-10(2)15(14)19-16/h4-5,19H,3,6-9H2,1-2H3,(H,20,21). The molecule has 0 amide bonds. The minimum Gasteiger partial charge on any atom is -0.481 e. The third kappa shape index (κ3) is 2.36. The van der Waals surface area contributed by atoms with E-state index in [2.05, 4.69) is 46.9 Å². The van der Waals surface area contributed by atoms with Gasteiger partial charge in [0.2, 0.25) is 0 Å². The summed E-state index contributed by atoms with van der Waals surface area (Å²) in [5, 5.41) is 10.5. The lowest BCUT2D eigenvalue weighted by Gasteiger charge is -2.36. The van der Waals surface area contributed by atoms with Gasteiger partial charge in [-0.3, -0.25) is 4.79 Å². The van der Waals surface area contributed by atoms with Crippen molar-refractivity contribution < 1.29 is 14.6 Å². The lowest BCUT2D eigenvalue weighted by atomic mass is 9.85. The van der Waals surface area contributed by atoms with Crippen molar-refractivity contribution in [3.8, 4) is 0 Å². The van der Waals surface area contributed by atoms with Gasteiger partial charge >= 0.3 is 5.97 Å². The van der Waals surface area contributed by atoms with E-state index in [0.29, 0.717) is 13.0 Å². The van der Waals surface area contributed by atoms with Crippen LogP contribution in [0.5, 0.6) is 0 Å². The number of carbonyl (C=O) groups is 1. The van der Waals surface area contributed by atoms with Crippen molar-refractivity contribution in [1.82, 2.24) is 4.98 Å². The molecule has 0 aliphatic carbocycles. The highest BCUT2D eigenvalue weighted by Gasteiger charge is 2.41. The molecule has 0 radical (unpaired) electrons. The molecule has 1 aromatic heterocycles. The van der Waals surface area contributed by atoms with Gasteiger partial charge in [-0.1, -0.05) is 35.3 Å². The topological polar surface area (TPSA) is 62.3 Å². The highest BCUT2D eigenvalue weighted by Crippen LogP contribution is 2.44. The van der Waals surface area contributed by atoms with Gasteiger partial charge in [0.25, 0.3) is 0 Å². The average Bonchev–Trinajstić information content (AvgIpc) is 2.85. The quantitative estimate of drug-likeness (QED) is 0.849. The molecule has 4 nitrogen and oxygen atoms in total. The number of ether oxygens (including phenoxy) is 1. The molecule has 0 fully saturated rings. The predicted octanol–water partition coefficient (Wildman–Crippen LogP) is 4.28. The van der Waals surface area contributed by atoms with Gasteiger partial charge in [-0.25, -0.2) is 0 Å². The number of aryl methyl sites for hydroxylation is 1. The van der Waals surface area contributed by atoms with Gasteiger partial charge in [-0.15, -0.1) is 0 Å². The first-order chi connectivity index (χ1) is 10.5. The van der Waals surface area contributed by atoms with Crippen LogP contribution >= 0.6 is 15.9 Å². The first kappa shape index (κ1) is 15.6. The fourth-order valence-corrected chi connectivity index (χ4v) is 4.17. The second kappa shape index (κ2) is 5.70. The molecule has 2 heterocycles. The van der Waals surface area contributed by atoms with Crippen LogP contribution in [0, 0.1) is 6.92 Å². The summed E-state index contributed by atoms with van der Waals surface area (Å²) in [5.74, 6) is -0.823. The number of fused-ring (bicyclic) bond motifs is 3. The molecule has 2 N–H and O–H groups in total. The van der Waals surface area contributed by atoms with E-state index in [1.165, 1.54) is 10.9 Å². The summed E-state index contributed by atoms with van der Waals surface area (Å²) in [6.45, 7) is 4.69. The molecule has 0 saturated carbocycles. The molecule has 1 unspecified atom stereocenters. The minimum absolute atomic E-state index is 0.00265. The number of aliphatic carboxylic acids is 1. The molecule has 1 atom stereocenters. The summed E-state index contributed by atoms with van der Waals surface area (Å²) in [5.41, 5.74) is 3.66. The van der Waals surface area contributed by atoms with Crippen molar-refractivity contribution in [2.75, 3.05) is 6.61 Å². The molecule has 3 rings (SSSR count). The Balaban J connectivity index is 2.27. The fraction of sp³-hybridized carbons (Fsp3) is 0.471. The number of aromatic amines is 1. The van der Waals surface area contributed by atoms with Gasteiger partial charge in [0.1, 0.15) is 5.60 Å². The Labute approximate surface area is 138 Å². The number of carboxylic acid groups (broad SMARTS) is 1. The van der Waals surface area contributed by atoms with Crippen LogP contribution in [-0.2, 0) is 21.6 Å². The van der Waals surface area contributed by atoms with Gasteiger partial charge in [-0.05, 0) is 37.0 Å². The summed E-state index contributed by atoms with van der Waals surface area (Å²) in [6.07, 6.45) is 2.39. The zero-order chi connectivity index (χ0) is 15.9. The maximum absolute atomic E-state index is 11.4. The van der Waals surface area contributed by atoms with Crippen molar-refractivity contribution in [2.45, 2.75) is 45.1 Å². The molecule has 5 heteroatoms. The number of H-pyrrole nitrogens is 1. The molecule has 0 saturated heterocycles. The monoisotopic (exact) mass is 365 g/mol. The van der Waals surface area contributed by atoms with Crippen molar-refractivity contribution in [3.05, 3.63) is 33.4 Å². The molecule has 22 heavy (non-hydrogen) atoms. The second-order valence-electron chi connectivity index (χ2n) is 6.01. The highest BCUT2D eigenvalue weighted by atomic mass is 79.9. The third-order valence-electron chi connectivity index (χ3n) is 4.49. The Morgan fingerprint density at radius 1 is 1.50 bits per heavy atom. The molecule has 118 valence electrons. The summed E-state index contributed by atoms with van der Waals surface area (Å²) in [6, 6.07) is 4.12. The van der Waals surface area contributed by atoms with Crippen LogP contribution < -0.4 is 0 Å². The first-order valence-electron chi connectivity index (χ1n) is 7.64. The minimum atomic E-state index is -0.823. The molecule has 2 aromatic rings. The summed E-state index contributed by atoms with van der Waals surface area (Å²) in [4.78, 5) is 14.9. The van der Waals surface area contributed by atoms with E-state index < -0.39 is 11.6 Å². The largest absolute Gasteiger partial charge is 0.481 e. The third-order valence-corrected chi connectivity index (χ3v) is 5.15. The number of nitrogens with one attached hydrogen (secondary N) is 1. The van der Waals surface area contributed by atoms with Crippen LogP contribution in [0.2, 0.25) is 0 Å². The molecule has 0 bridgehead atoms. The van der Waals surface area contributed by atoms with Crippen LogP contribution in [-0.4, -0.2) is 22.7 Å². The molecule has 0 spiro atoms. The Bertz CT molecular complexity index is 737. The average molecular weight is 366 g/mol. The van der Waals surface area contributed by atoms with Gasteiger partial charge in [-0.2, -0.15) is 0 Å². The lowest BCUT2D eigenvalue weighted by Crippen LogP contribution is -2.37. The van der Waals surface area contributed by atoms with E-state index in [0.717, 1.165) is 34.1 Å². The van der Waals surface area contributed by atoms with E-state index in [9.17, 15) is 9.90 Å². The number of benzene rings is 1. The maximum Gasteiger partial charge on any atom is 0.306 e. The van der Waals surface area contributed by atoms with Gasteiger partial charge in [0.05, 0.1) is 24.2 Å². The number of hydrogen-bond acceptors (Lipinski definition) is 2. The number of rotatable bonds is 4. The molecule has 1 aromatic carbocycles. The van der Waals surface area contributed by atoms with Crippen molar-refractivity contribution in [2.24, 2.45) is 0 Å². The van der Waals surface area contributed by atoms with E-state index >= 15 is 0 Å². The van der Waals surface area contributed by atoms with E-state index in [1.807, 2.05) is 0 Å². The van der Waals surface area contributed by atoms with Crippen molar-refractivity contribution >= 4 is 32.8 Å². The van der Waals surface area contributed by atoms with Crippen LogP contribution in [0.3, 0.4) is 0 Å². The predicted molar refractivity (Wildman–Crippen MR) is 89.2 cm³/mol. The smallest absolute Gasteiger partial charge is 0.306 e. The van der Waals surface area contributed by atoms with Crippen molar-refractivity contribution in [3.63, 3.8) is 0 Å². The Morgan fingerprint density at radius 3 is 2.95 bits per heavy atom. The van der Waals surface area contributed by atoms with Crippen LogP contribution in [0.25, 0.3) is 10.9 Å². The zero-order valence-corrected chi connectivity index (χ0v) is 14.4. The molecule has 1 aliphatic heterocycles. The molecule has 1 aliphatic rings. The summed E-state index contributed by atoms with van der Waals surface area (Å²) in [7, 11) is 0. The van der Waals surface area contributed by atoms with Crippen LogP contribution in [0.15, 0.2) is 16.6 Å². The Hall–Kier alpha value is -1.33. The lowest BCUT2D eigenvalue weighted by molar-refractivity contribution is -0.149. The fourth-order valence-electron chi connectivity index (χ4n) is 3.60. The van der Waals surface area contributed by atoms with Gasteiger partial charge in [0, 0.05) is 9.86 Å². The van der Waals surface area contributed by atoms with Crippen LogP contribution in [0.4, 0.5) is 0 Å². The zero-order valence-electron chi connectivity index (χ0n) is 12.8. The number of halogens is 1. The highest BCUT2D eigenvalue weighted by molar-refractivity contribution is 9.10. The van der Waals surface area contributed by atoms with Gasteiger partial charge < -0.3 is 14.8 Å². The summed E-state index contributed by atoms with van der Waals surface area (Å²) < 4.78 is 7.07. The molecular formula is C17H20BrNO3. The van der Waals surface area contributed by atoms with E-state index in [1.54, 1.807) is 0 Å². The number of hydrogen-bond donors (Lipinski definition) is 2. The number of carboxylic acids is 1. The normalized spacial score (nSPS) is 21.0. The van der Waals surface area contributed by atoms with E-state index in [-0.39, 0.29) is 6.42 Å². The Kier molecular flexibility index (Phi) is 4.03. The second-order valence-corrected chi connectivity index (χ2v) is 6.86. The first-order valence-corrected chi connectivity index (χ1v) is 8.43. The maximum atomic E-state index is 11.4. The number of aromatic nitrogens is 1. The van der Waals surface area contributed by atoms with E-state index in [4.69, 9.17) is 4.74 Å². The Morgan fingerprint density at radius 2 is 2.27 bits per heavy atom. The van der Waals surface area contributed by atoms with Crippen molar-refractivity contribution in [1.29, 1.82) is 0 Å². The molecular weight excluding hydrogens is 346 g/mol. The SMILES string of the molecule is CCCC1(CC(=O)O)OCCc2c1[nH]c1c(C)ccc(Br)c21. The summed E-state index contributed by atoms with van der Waals surface area (Å²) >= 11 is 3.64. The van der Waals surface area contributed by atoms with Gasteiger partial charge in [0.15, 0.2) is 0 Å². The van der Waals surface area contributed by atoms with Crippen LogP contribution in [0.1, 0.15) is 43.0 Å².